The predicted octanol–water partition coefficient (Wildman–Crippen LogP) is 0.395. The van der Waals surface area contributed by atoms with Crippen LogP contribution in [0.4, 0.5) is 0 Å². The Hall–Kier alpha value is -1.14. The van der Waals surface area contributed by atoms with Crippen molar-refractivity contribution in [2.24, 2.45) is 0 Å². The number of carbonyl (C=O) groups is 2. The lowest BCUT2D eigenvalue weighted by molar-refractivity contribution is -0.148. The highest BCUT2D eigenvalue weighted by Crippen LogP contribution is 2.03. The van der Waals surface area contributed by atoms with Crippen molar-refractivity contribution in [3.8, 4) is 0 Å². The van der Waals surface area contributed by atoms with E-state index in [4.69, 9.17) is 19.7 Å². The van der Waals surface area contributed by atoms with Gasteiger partial charge in [0.1, 0.15) is 13.2 Å². The molecule has 18 heavy (non-hydrogen) atoms. The van der Waals surface area contributed by atoms with E-state index in [9.17, 15) is 9.59 Å². The van der Waals surface area contributed by atoms with Gasteiger partial charge in [0.25, 0.3) is 0 Å². The van der Waals surface area contributed by atoms with Crippen LogP contribution in [0.5, 0.6) is 0 Å². The normalized spacial score (nSPS) is 13.8. The molecule has 0 fully saturated rings. The summed E-state index contributed by atoms with van der Waals surface area (Å²) in [5, 5.41) is 17.8. The molecule has 0 saturated heterocycles. The Kier molecular flexibility index (Phi) is 9.22. The number of aliphatic hydroxyl groups excluding tert-OH is 2. The maximum absolute atomic E-state index is 11.1. The molecule has 6 heteroatoms. The van der Waals surface area contributed by atoms with E-state index in [-0.39, 0.29) is 38.0 Å². The molecule has 0 radical (unpaired) electrons. The molecule has 0 rings (SSSR count). The summed E-state index contributed by atoms with van der Waals surface area (Å²) < 4.78 is 9.50. The summed E-state index contributed by atoms with van der Waals surface area (Å²) in [6.45, 7) is 3.06. The van der Waals surface area contributed by atoms with E-state index in [1.807, 2.05) is 0 Å². The van der Waals surface area contributed by atoms with Gasteiger partial charge in [-0.25, -0.2) is 0 Å². The molecule has 2 atom stereocenters. The maximum atomic E-state index is 11.1. The molecule has 0 aromatic rings. The summed E-state index contributed by atoms with van der Waals surface area (Å²) in [5.41, 5.74) is 0. The van der Waals surface area contributed by atoms with Crippen LogP contribution < -0.4 is 0 Å². The van der Waals surface area contributed by atoms with Crippen molar-refractivity contribution in [1.29, 1.82) is 0 Å². The van der Waals surface area contributed by atoms with Crippen molar-refractivity contribution in [3.05, 3.63) is 0 Å². The van der Waals surface area contributed by atoms with Gasteiger partial charge in [0.15, 0.2) is 0 Å². The van der Waals surface area contributed by atoms with Crippen LogP contribution in [0.2, 0.25) is 0 Å². The van der Waals surface area contributed by atoms with Crippen LogP contribution in [-0.4, -0.2) is 47.6 Å². The lowest BCUT2D eigenvalue weighted by Crippen LogP contribution is -2.16. The Morgan fingerprint density at radius 1 is 0.889 bits per heavy atom. The van der Waals surface area contributed by atoms with Crippen molar-refractivity contribution < 1.29 is 29.3 Å². The summed E-state index contributed by atoms with van der Waals surface area (Å²) in [4.78, 5) is 22.2. The van der Waals surface area contributed by atoms with Crippen LogP contribution in [0.3, 0.4) is 0 Å². The summed E-state index contributed by atoms with van der Waals surface area (Å²) >= 11 is 0. The van der Waals surface area contributed by atoms with Crippen molar-refractivity contribution in [1.82, 2.24) is 0 Å². The van der Waals surface area contributed by atoms with Crippen LogP contribution >= 0.6 is 0 Å². The first-order chi connectivity index (χ1) is 8.41. The molecule has 0 aliphatic heterocycles. The number of carbonyl (C=O) groups excluding carboxylic acids is 2. The highest BCUT2D eigenvalue weighted by molar-refractivity contribution is 5.70. The van der Waals surface area contributed by atoms with E-state index in [1.54, 1.807) is 0 Å². The van der Waals surface area contributed by atoms with Crippen LogP contribution in [0.15, 0.2) is 0 Å². The van der Waals surface area contributed by atoms with Crippen LogP contribution in [0, 0.1) is 0 Å². The molecule has 0 amide bonds. The highest BCUT2D eigenvalue weighted by Gasteiger charge is 2.07. The van der Waals surface area contributed by atoms with Gasteiger partial charge in [0.2, 0.25) is 0 Å². The zero-order valence-electron chi connectivity index (χ0n) is 10.9. The topological polar surface area (TPSA) is 93.1 Å². The lowest BCUT2D eigenvalue weighted by Gasteiger charge is -2.07. The van der Waals surface area contributed by atoms with Crippen molar-refractivity contribution in [3.63, 3.8) is 0 Å². The van der Waals surface area contributed by atoms with E-state index in [0.29, 0.717) is 12.8 Å². The fourth-order valence-corrected chi connectivity index (χ4v) is 1.11. The summed E-state index contributed by atoms with van der Waals surface area (Å²) in [7, 11) is 0. The fourth-order valence-electron chi connectivity index (χ4n) is 1.11. The lowest BCUT2D eigenvalue weighted by atomic mass is 10.2. The molecule has 6 nitrogen and oxygen atoms in total. The molecule has 0 saturated carbocycles. The third-order valence-electron chi connectivity index (χ3n) is 1.98. The average Bonchev–Trinajstić information content (AvgIpc) is 2.29. The molecular formula is C12H22O6. The van der Waals surface area contributed by atoms with E-state index in [0.717, 1.165) is 0 Å². The third-order valence-corrected chi connectivity index (χ3v) is 1.98. The molecule has 0 aliphatic rings. The average molecular weight is 262 g/mol. The monoisotopic (exact) mass is 262 g/mol. The number of rotatable bonds is 9. The zero-order valence-corrected chi connectivity index (χ0v) is 10.9. The third kappa shape index (κ3) is 11.3. The Balaban J connectivity index is 3.44. The summed E-state index contributed by atoms with van der Waals surface area (Å²) in [6, 6.07) is 0. The second-order valence-corrected chi connectivity index (χ2v) is 4.27. The van der Waals surface area contributed by atoms with Gasteiger partial charge in [-0.15, -0.1) is 0 Å². The SMILES string of the molecule is CC(O)COC(=O)CCCCC(=O)OCC(C)O. The molecule has 0 heterocycles. The fraction of sp³-hybridized carbons (Fsp3) is 0.833. The standard InChI is InChI=1S/C12H22O6/c1-9(13)7-17-11(15)5-3-4-6-12(16)18-8-10(2)14/h9-10,13-14H,3-8H2,1-2H3. The number of ether oxygens (including phenoxy) is 2. The predicted molar refractivity (Wildman–Crippen MR) is 63.7 cm³/mol. The quantitative estimate of drug-likeness (QED) is 0.461. The molecule has 2 unspecified atom stereocenters. The zero-order chi connectivity index (χ0) is 14.0. The molecule has 2 N–H and O–H groups in total. The first kappa shape index (κ1) is 16.9. The smallest absolute Gasteiger partial charge is 0.305 e. The highest BCUT2D eigenvalue weighted by atomic mass is 16.5. The van der Waals surface area contributed by atoms with Crippen LogP contribution in [0.1, 0.15) is 39.5 Å². The summed E-state index contributed by atoms with van der Waals surface area (Å²) in [5.74, 6) is -0.763. The van der Waals surface area contributed by atoms with Gasteiger partial charge < -0.3 is 19.7 Å². The van der Waals surface area contributed by atoms with Crippen molar-refractivity contribution in [2.75, 3.05) is 13.2 Å². The van der Waals surface area contributed by atoms with Gasteiger partial charge in [-0.3, -0.25) is 9.59 Å². The van der Waals surface area contributed by atoms with Gasteiger partial charge in [0.05, 0.1) is 12.2 Å². The van der Waals surface area contributed by atoms with Crippen LogP contribution in [-0.2, 0) is 19.1 Å². The Labute approximate surface area is 107 Å². The van der Waals surface area contributed by atoms with E-state index >= 15 is 0 Å². The van der Waals surface area contributed by atoms with Crippen molar-refractivity contribution >= 4 is 11.9 Å². The minimum atomic E-state index is -0.663. The minimum Gasteiger partial charge on any atom is -0.463 e. The van der Waals surface area contributed by atoms with E-state index < -0.39 is 12.2 Å². The molecule has 0 aliphatic carbocycles. The minimum absolute atomic E-state index is 0.00470. The molecule has 0 aromatic carbocycles. The van der Waals surface area contributed by atoms with Gasteiger partial charge in [0, 0.05) is 12.8 Å². The first-order valence-corrected chi connectivity index (χ1v) is 6.09. The van der Waals surface area contributed by atoms with E-state index in [1.165, 1.54) is 13.8 Å². The van der Waals surface area contributed by atoms with Crippen molar-refractivity contribution in [2.45, 2.75) is 51.7 Å². The second kappa shape index (κ2) is 9.85. The summed E-state index contributed by atoms with van der Waals surface area (Å²) in [6.07, 6.45) is 0.172. The van der Waals surface area contributed by atoms with E-state index in [2.05, 4.69) is 0 Å². The van der Waals surface area contributed by atoms with Gasteiger partial charge in [-0.05, 0) is 26.7 Å². The number of hydrogen-bond acceptors (Lipinski definition) is 6. The maximum Gasteiger partial charge on any atom is 0.305 e. The Bertz CT molecular complexity index is 223. The number of esters is 2. The first-order valence-electron chi connectivity index (χ1n) is 6.09. The Morgan fingerprint density at radius 3 is 1.50 bits per heavy atom. The largest absolute Gasteiger partial charge is 0.463 e. The molecule has 106 valence electrons. The number of hydrogen-bond donors (Lipinski definition) is 2. The van der Waals surface area contributed by atoms with Crippen LogP contribution in [0.25, 0.3) is 0 Å². The van der Waals surface area contributed by atoms with Gasteiger partial charge in [-0.1, -0.05) is 0 Å². The Morgan fingerprint density at radius 2 is 1.22 bits per heavy atom. The second-order valence-electron chi connectivity index (χ2n) is 4.27. The molecule has 0 bridgehead atoms. The molecule has 0 aromatic heterocycles. The van der Waals surface area contributed by atoms with Gasteiger partial charge in [-0.2, -0.15) is 0 Å². The van der Waals surface area contributed by atoms with Gasteiger partial charge >= 0.3 is 11.9 Å². The molecule has 0 spiro atoms. The number of unbranched alkanes of at least 4 members (excludes halogenated alkanes) is 1. The molecular weight excluding hydrogens is 240 g/mol. The number of aliphatic hydroxyl groups is 2.